The van der Waals surface area contributed by atoms with Crippen LogP contribution in [0.15, 0.2) is 23.9 Å². The predicted molar refractivity (Wildman–Crippen MR) is 133 cm³/mol. The van der Waals surface area contributed by atoms with E-state index < -0.39 is 21.1 Å². The van der Waals surface area contributed by atoms with Gasteiger partial charge in [0.2, 0.25) is 5.91 Å². The van der Waals surface area contributed by atoms with Crippen LogP contribution in [0, 0.1) is 23.2 Å². The second-order valence-electron chi connectivity index (χ2n) is 11.1. The Morgan fingerprint density at radius 3 is 2.54 bits per heavy atom. The van der Waals surface area contributed by atoms with Crippen molar-refractivity contribution in [3.05, 3.63) is 23.9 Å². The lowest BCUT2D eigenvalue weighted by Crippen LogP contribution is -2.63. The molecule has 0 radical (unpaired) electrons. The Balaban J connectivity index is 1.85. The molecular weight excluding hydrogens is 468 g/mol. The molecule has 2 amide bonds. The van der Waals surface area contributed by atoms with Crippen LogP contribution in [0.1, 0.15) is 33.6 Å². The van der Waals surface area contributed by atoms with Gasteiger partial charge in [-0.1, -0.05) is 33.4 Å². The van der Waals surface area contributed by atoms with Gasteiger partial charge in [-0.15, -0.1) is 0 Å². The zero-order valence-corrected chi connectivity index (χ0v) is 22.9. The van der Waals surface area contributed by atoms with Crippen LogP contribution in [-0.2, 0) is 23.5 Å². The number of amides is 2. The number of fused-ring (bicyclic) bond motifs is 1. The number of likely N-dealkylation sites (tertiary alicyclic amines) is 1. The maximum atomic E-state index is 13.4. The number of hydrogen-bond donors (Lipinski definition) is 1. The van der Waals surface area contributed by atoms with Crippen molar-refractivity contribution in [2.45, 2.75) is 58.8 Å². The largest absolute Gasteiger partial charge is 0.477 e. The highest BCUT2D eigenvalue weighted by molar-refractivity contribution is 6.48. The summed E-state index contributed by atoms with van der Waals surface area (Å²) in [6.45, 7) is 15.4. The molecule has 196 valence electrons. The highest BCUT2D eigenvalue weighted by Crippen LogP contribution is 2.52. The molecular formula is C25H40N2O7Si. The van der Waals surface area contributed by atoms with Crippen LogP contribution >= 0.6 is 0 Å². The molecule has 2 saturated heterocycles. The second kappa shape index (κ2) is 10.8. The van der Waals surface area contributed by atoms with E-state index in [1.165, 1.54) is 11.0 Å². The quantitative estimate of drug-likeness (QED) is 0.275. The van der Waals surface area contributed by atoms with Gasteiger partial charge in [-0.2, -0.15) is 0 Å². The summed E-state index contributed by atoms with van der Waals surface area (Å²) in [4.78, 5) is 41.4. The summed E-state index contributed by atoms with van der Waals surface area (Å²) in [7, 11) is 0.299. The molecule has 35 heavy (non-hydrogen) atoms. The Labute approximate surface area is 209 Å². The SMILES string of the molecule is C=CCOC(=O)N1CC(C2=C(C(=O)O)N3C(=O)[C@@H]([C@@H](CO[SiH](C)C)C(C)(C)C)[C@H]3C2)C[C@H]1COC. The normalized spacial score (nSPS) is 27.2. The first kappa shape index (κ1) is 27.4. The summed E-state index contributed by atoms with van der Waals surface area (Å²) in [6.07, 6.45) is 2.11. The van der Waals surface area contributed by atoms with Crippen molar-refractivity contribution in [2.75, 3.05) is 33.5 Å². The van der Waals surface area contributed by atoms with Gasteiger partial charge in [-0.3, -0.25) is 4.79 Å². The van der Waals surface area contributed by atoms with E-state index in [0.29, 0.717) is 32.6 Å². The number of nitrogens with zero attached hydrogens (tertiary/aromatic N) is 2. The standard InChI is InChI=1S/C25H40N2O7Si/c1-8-9-33-24(31)26-12-15(10-16(26)13-32-5)17-11-19-20(22(28)27(19)21(17)23(29)30)18(25(2,3)4)14-34-35(6)7/h8,15-16,18-20,35H,1,9-14H2,2-7H3,(H,29,30)/t15?,16-,18+,19+,20-/m0/s1. The summed E-state index contributed by atoms with van der Waals surface area (Å²) in [5.74, 6) is -1.69. The lowest BCUT2D eigenvalue weighted by atomic mass is 9.66. The third-order valence-corrected chi connectivity index (χ3v) is 8.29. The molecule has 3 heterocycles. The Hall–Kier alpha value is -2.17. The van der Waals surface area contributed by atoms with Gasteiger partial charge in [0.1, 0.15) is 12.3 Å². The van der Waals surface area contributed by atoms with Crippen LogP contribution in [-0.4, -0.2) is 87.5 Å². The maximum absolute atomic E-state index is 13.4. The molecule has 0 aromatic rings. The summed E-state index contributed by atoms with van der Waals surface area (Å²) >= 11 is 0. The maximum Gasteiger partial charge on any atom is 0.410 e. The van der Waals surface area contributed by atoms with Crippen LogP contribution in [0.3, 0.4) is 0 Å². The van der Waals surface area contributed by atoms with E-state index in [1.54, 1.807) is 12.0 Å². The van der Waals surface area contributed by atoms with Gasteiger partial charge in [0, 0.05) is 26.2 Å². The number of hydrogen-bond acceptors (Lipinski definition) is 6. The van der Waals surface area contributed by atoms with Crippen molar-refractivity contribution in [3.8, 4) is 0 Å². The van der Waals surface area contributed by atoms with Crippen molar-refractivity contribution < 1.29 is 33.4 Å². The molecule has 3 rings (SSSR count). The van der Waals surface area contributed by atoms with Gasteiger partial charge in [-0.05, 0) is 42.8 Å². The topological polar surface area (TPSA) is 106 Å². The Bertz CT molecular complexity index is 882. The van der Waals surface area contributed by atoms with Crippen LogP contribution in [0.25, 0.3) is 0 Å². The van der Waals surface area contributed by atoms with E-state index in [9.17, 15) is 19.5 Å². The minimum atomic E-state index is -1.27. The van der Waals surface area contributed by atoms with Gasteiger partial charge in [0.05, 0.1) is 24.6 Å². The van der Waals surface area contributed by atoms with Crippen molar-refractivity contribution >= 4 is 27.0 Å². The first-order chi connectivity index (χ1) is 16.4. The number of carbonyl (C=O) groups is 3. The summed E-state index contributed by atoms with van der Waals surface area (Å²) < 4.78 is 16.6. The van der Waals surface area contributed by atoms with E-state index in [0.717, 1.165) is 5.57 Å². The Morgan fingerprint density at radius 2 is 2.00 bits per heavy atom. The van der Waals surface area contributed by atoms with Gasteiger partial charge >= 0.3 is 12.1 Å². The lowest BCUT2D eigenvalue weighted by Gasteiger charge is -2.50. The number of β-lactam (4-membered cyclic amide) rings is 1. The van der Waals surface area contributed by atoms with Crippen LogP contribution in [0.2, 0.25) is 13.1 Å². The van der Waals surface area contributed by atoms with E-state index in [1.807, 2.05) is 0 Å². The van der Waals surface area contributed by atoms with Crippen molar-refractivity contribution in [1.82, 2.24) is 9.80 Å². The van der Waals surface area contributed by atoms with Crippen LogP contribution in [0.4, 0.5) is 4.79 Å². The monoisotopic (exact) mass is 508 g/mol. The van der Waals surface area contributed by atoms with E-state index in [-0.39, 0.29) is 53.5 Å². The molecule has 1 unspecified atom stereocenters. The minimum Gasteiger partial charge on any atom is -0.477 e. The molecule has 1 N–H and O–H groups in total. The molecule has 5 atom stereocenters. The Morgan fingerprint density at radius 1 is 1.31 bits per heavy atom. The van der Waals surface area contributed by atoms with Gasteiger partial charge in [-0.25, -0.2) is 9.59 Å². The third-order valence-electron chi connectivity index (χ3n) is 7.43. The fraction of sp³-hybridized carbons (Fsp3) is 0.720. The first-order valence-corrected chi connectivity index (χ1v) is 15.1. The molecule has 2 fully saturated rings. The molecule has 0 aromatic heterocycles. The molecule has 0 aromatic carbocycles. The predicted octanol–water partition coefficient (Wildman–Crippen LogP) is 2.88. The highest BCUT2D eigenvalue weighted by Gasteiger charge is 2.60. The van der Waals surface area contributed by atoms with Crippen LogP contribution < -0.4 is 0 Å². The van der Waals surface area contributed by atoms with Crippen molar-refractivity contribution in [1.29, 1.82) is 0 Å². The van der Waals surface area contributed by atoms with Gasteiger partial charge in [0.25, 0.3) is 0 Å². The highest BCUT2D eigenvalue weighted by atomic mass is 28.3. The van der Waals surface area contributed by atoms with E-state index in [4.69, 9.17) is 13.9 Å². The van der Waals surface area contributed by atoms with Gasteiger partial charge < -0.3 is 28.8 Å². The number of carbonyl (C=O) groups excluding carboxylic acids is 2. The van der Waals surface area contributed by atoms with E-state index in [2.05, 4.69) is 40.4 Å². The minimum absolute atomic E-state index is 0.00394. The first-order valence-electron chi connectivity index (χ1n) is 12.4. The fourth-order valence-corrected chi connectivity index (χ4v) is 6.32. The smallest absolute Gasteiger partial charge is 0.410 e. The number of carboxylic acid groups (broad SMARTS) is 1. The molecule has 10 heteroatoms. The zero-order chi connectivity index (χ0) is 26.1. The number of aliphatic carboxylic acids is 1. The van der Waals surface area contributed by atoms with Crippen LogP contribution in [0.5, 0.6) is 0 Å². The number of ether oxygens (including phenoxy) is 2. The van der Waals surface area contributed by atoms with E-state index >= 15 is 0 Å². The fourth-order valence-electron chi connectivity index (χ4n) is 5.72. The summed E-state index contributed by atoms with van der Waals surface area (Å²) in [6, 6.07) is -0.413. The Kier molecular flexibility index (Phi) is 8.49. The van der Waals surface area contributed by atoms with Gasteiger partial charge in [0.15, 0.2) is 9.04 Å². The second-order valence-corrected chi connectivity index (χ2v) is 13.5. The van der Waals surface area contributed by atoms with Crippen molar-refractivity contribution in [2.24, 2.45) is 23.2 Å². The average Bonchev–Trinajstić information content (AvgIpc) is 3.33. The zero-order valence-electron chi connectivity index (χ0n) is 21.8. The molecule has 9 nitrogen and oxygen atoms in total. The average molecular weight is 509 g/mol. The lowest BCUT2D eigenvalue weighted by molar-refractivity contribution is -0.162. The van der Waals surface area contributed by atoms with Crippen molar-refractivity contribution in [3.63, 3.8) is 0 Å². The molecule has 3 aliphatic heterocycles. The molecule has 0 saturated carbocycles. The molecule has 0 bridgehead atoms. The molecule has 3 aliphatic rings. The number of carboxylic acids is 1. The third kappa shape index (κ3) is 5.49. The number of methoxy groups -OCH3 is 1. The summed E-state index contributed by atoms with van der Waals surface area (Å²) in [5, 5.41) is 10.1. The molecule has 0 spiro atoms. The number of rotatable bonds is 10. The molecule has 0 aliphatic carbocycles. The summed E-state index contributed by atoms with van der Waals surface area (Å²) in [5.41, 5.74) is 0.667.